The molecule has 1 saturated heterocycles. The minimum Gasteiger partial charge on any atom is -0.452 e. The van der Waals surface area contributed by atoms with Gasteiger partial charge in [-0.05, 0) is 37.8 Å². The number of nitrogens with zero attached hydrogens (tertiary/aromatic N) is 2. The fraction of sp³-hybridized carbons (Fsp3) is 0.522. The highest BCUT2D eigenvalue weighted by Gasteiger charge is 2.29. The molecule has 0 unspecified atom stereocenters. The number of benzene rings is 1. The normalized spacial score (nSPS) is 16.1. The second-order valence-electron chi connectivity index (χ2n) is 9.26. The van der Waals surface area contributed by atoms with E-state index in [1.54, 1.807) is 6.07 Å². The Hall–Kier alpha value is -2.24. The summed E-state index contributed by atoms with van der Waals surface area (Å²) < 4.78 is 21.9. The number of carbonyl (C=O) groups excluding carboxylic acids is 2. The monoisotopic (exact) mass is 572 g/mol. The number of halogens is 1. The number of pyridine rings is 1. The molecular weight excluding hydrogens is 541 g/mol. The summed E-state index contributed by atoms with van der Waals surface area (Å²) in [5.41, 5.74) is 0.000153. The van der Waals surface area contributed by atoms with Crippen molar-refractivity contribution in [3.8, 4) is 0 Å². The number of rotatable bonds is 11. The first-order valence-corrected chi connectivity index (χ1v) is 14.9. The molecule has 4 rings (SSSR count). The first-order chi connectivity index (χ1) is 18.2. The van der Waals surface area contributed by atoms with Gasteiger partial charge in [0.1, 0.15) is 11.4 Å². The van der Waals surface area contributed by atoms with Crippen LogP contribution >= 0.6 is 16.8 Å². The van der Waals surface area contributed by atoms with Gasteiger partial charge in [-0.2, -0.15) is 0 Å². The first kappa shape index (κ1) is 28.8. The summed E-state index contributed by atoms with van der Waals surface area (Å²) in [5, 5.41) is 4.71. The number of anilines is 1. The molecule has 0 bridgehead atoms. The average Bonchev–Trinajstić information content (AvgIpc) is 3.73. The summed E-state index contributed by atoms with van der Waals surface area (Å²) in [6.45, 7) is 2.15. The summed E-state index contributed by atoms with van der Waals surface area (Å²) >= 11 is 0. The van der Waals surface area contributed by atoms with Crippen LogP contribution in [0.4, 0.5) is 10.1 Å². The third-order valence-electron chi connectivity index (χ3n) is 6.55. The second-order valence-corrected chi connectivity index (χ2v) is 12.2. The third-order valence-corrected chi connectivity index (χ3v) is 9.37. The second kappa shape index (κ2) is 12.7. The molecule has 15 heteroatoms. The van der Waals surface area contributed by atoms with Crippen LogP contribution in [-0.2, 0) is 9.53 Å². The molecular formula is C23H31FN4O8P2. The highest BCUT2D eigenvalue weighted by atomic mass is 31.2. The van der Waals surface area contributed by atoms with Gasteiger partial charge < -0.3 is 44.4 Å². The number of ether oxygens (including phenoxy) is 1. The maximum atomic E-state index is 15.1. The number of esters is 1. The van der Waals surface area contributed by atoms with E-state index in [4.69, 9.17) is 4.74 Å². The molecule has 12 nitrogen and oxygen atoms in total. The molecule has 6 N–H and O–H groups in total. The van der Waals surface area contributed by atoms with Crippen molar-refractivity contribution in [2.24, 2.45) is 0 Å². The molecule has 2 aliphatic rings. The lowest BCUT2D eigenvalue weighted by atomic mass is 10.1. The van der Waals surface area contributed by atoms with Gasteiger partial charge in [0.25, 0.3) is 5.91 Å². The van der Waals surface area contributed by atoms with Crippen molar-refractivity contribution in [2.45, 2.75) is 37.1 Å². The molecule has 0 atom stereocenters. The summed E-state index contributed by atoms with van der Waals surface area (Å²) in [4.78, 5) is 76.7. The van der Waals surface area contributed by atoms with Gasteiger partial charge >= 0.3 is 5.97 Å². The van der Waals surface area contributed by atoms with Crippen LogP contribution in [0, 0.1) is 5.82 Å². The average molecular weight is 572 g/mol. The number of piperazine rings is 1. The van der Waals surface area contributed by atoms with Crippen molar-refractivity contribution in [1.29, 1.82) is 0 Å². The molecule has 2 fully saturated rings. The van der Waals surface area contributed by atoms with E-state index in [1.807, 2.05) is 9.47 Å². The van der Waals surface area contributed by atoms with Gasteiger partial charge in [0, 0.05) is 50.3 Å². The quantitative estimate of drug-likeness (QED) is 0.129. The largest absolute Gasteiger partial charge is 0.452 e. The maximum absolute atomic E-state index is 15.1. The van der Waals surface area contributed by atoms with Crippen LogP contribution in [0.1, 0.15) is 42.1 Å². The number of amides is 1. The highest BCUT2D eigenvalue weighted by molar-refractivity contribution is 7.64. The molecule has 1 aliphatic heterocycles. The lowest BCUT2D eigenvalue weighted by Crippen LogP contribution is -2.43. The zero-order valence-corrected chi connectivity index (χ0v) is 22.3. The Morgan fingerprint density at radius 1 is 1.16 bits per heavy atom. The van der Waals surface area contributed by atoms with Crippen molar-refractivity contribution in [2.75, 3.05) is 44.2 Å². The molecule has 1 saturated carbocycles. The van der Waals surface area contributed by atoms with Crippen molar-refractivity contribution in [1.82, 2.24) is 15.2 Å². The van der Waals surface area contributed by atoms with E-state index >= 15 is 4.39 Å². The number of aromatic nitrogens is 1. The standard InChI is InChI=1S/C23H31FN4O8P2/c24-17-10-15-18(11-19(17)27-8-6-25-7-9-27)28(14-3-4-14)12-16(22(15)30)23(31)36-13-20(29)26-5-1-2-21(37(32)33)38(34)35/h10-12,14,21,25,32-35H,1-9,13H2,(H,26,29). The summed E-state index contributed by atoms with van der Waals surface area (Å²) in [6.07, 6.45) is 3.45. The van der Waals surface area contributed by atoms with E-state index in [1.165, 1.54) is 12.3 Å². The van der Waals surface area contributed by atoms with Gasteiger partial charge in [0.2, 0.25) is 5.43 Å². The molecule has 38 heavy (non-hydrogen) atoms. The van der Waals surface area contributed by atoms with E-state index in [0.29, 0.717) is 24.3 Å². The van der Waals surface area contributed by atoms with E-state index in [0.717, 1.165) is 25.9 Å². The Balaban J connectivity index is 1.43. The van der Waals surface area contributed by atoms with Crippen LogP contribution in [0.5, 0.6) is 0 Å². The van der Waals surface area contributed by atoms with E-state index in [-0.39, 0.29) is 36.4 Å². The minimum absolute atomic E-state index is 0.0715. The minimum atomic E-state index is -2.52. The van der Waals surface area contributed by atoms with E-state index in [9.17, 15) is 34.0 Å². The van der Waals surface area contributed by atoms with Crippen molar-refractivity contribution in [3.05, 3.63) is 39.9 Å². The number of nitrogens with one attached hydrogen (secondary N) is 2. The topological polar surface area (TPSA) is 174 Å². The Bertz CT molecular complexity index is 1230. The van der Waals surface area contributed by atoms with Crippen LogP contribution in [0.25, 0.3) is 10.9 Å². The number of fused-ring (bicyclic) bond motifs is 1. The maximum Gasteiger partial charge on any atom is 0.344 e. The first-order valence-electron chi connectivity index (χ1n) is 12.3. The van der Waals surface area contributed by atoms with Crippen LogP contribution in [0.15, 0.2) is 23.1 Å². The van der Waals surface area contributed by atoms with Crippen LogP contribution in [0.2, 0.25) is 0 Å². The highest BCUT2D eigenvalue weighted by Crippen LogP contribution is 2.51. The van der Waals surface area contributed by atoms with Gasteiger partial charge in [-0.3, -0.25) is 9.59 Å². The smallest absolute Gasteiger partial charge is 0.344 e. The molecule has 0 spiro atoms. The van der Waals surface area contributed by atoms with Gasteiger partial charge in [-0.15, -0.1) is 0 Å². The fourth-order valence-corrected chi connectivity index (χ4v) is 5.97. The molecule has 1 amide bonds. The van der Waals surface area contributed by atoms with Crippen LogP contribution in [0.3, 0.4) is 0 Å². The van der Waals surface area contributed by atoms with Crippen LogP contribution in [-0.4, -0.2) is 80.7 Å². The molecule has 2 heterocycles. The Labute approximate surface area is 220 Å². The third kappa shape index (κ3) is 6.84. The molecule has 1 aromatic heterocycles. The van der Waals surface area contributed by atoms with Crippen LogP contribution < -0.4 is 21.0 Å². The zero-order valence-electron chi connectivity index (χ0n) is 20.5. The van der Waals surface area contributed by atoms with E-state index in [2.05, 4.69) is 10.6 Å². The molecule has 2 aromatic rings. The Morgan fingerprint density at radius 2 is 1.84 bits per heavy atom. The summed E-state index contributed by atoms with van der Waals surface area (Å²) in [5.74, 6) is -2.18. The lowest BCUT2D eigenvalue weighted by Gasteiger charge is -2.30. The molecule has 208 valence electrons. The van der Waals surface area contributed by atoms with Gasteiger partial charge in [-0.25, -0.2) is 9.18 Å². The molecule has 1 aliphatic carbocycles. The predicted molar refractivity (Wildman–Crippen MR) is 141 cm³/mol. The number of hydrogen-bond donors (Lipinski definition) is 6. The zero-order chi connectivity index (χ0) is 27.4. The number of carbonyl (C=O) groups is 2. The van der Waals surface area contributed by atoms with Crippen molar-refractivity contribution in [3.63, 3.8) is 0 Å². The molecule has 0 radical (unpaired) electrons. The van der Waals surface area contributed by atoms with Gasteiger partial charge in [0.05, 0.1) is 16.6 Å². The van der Waals surface area contributed by atoms with E-state index < -0.39 is 51.9 Å². The SMILES string of the molecule is O=C(COC(=O)c1cn(C2CC2)c2cc(N3CCNCC3)c(F)cc2c1=O)NCCCC(P(O)O)P(O)O. The Kier molecular flexibility index (Phi) is 9.64. The lowest BCUT2D eigenvalue weighted by molar-refractivity contribution is -0.124. The van der Waals surface area contributed by atoms with Gasteiger partial charge in [-0.1, -0.05) is 0 Å². The summed E-state index contributed by atoms with van der Waals surface area (Å²) in [6, 6.07) is 2.91. The van der Waals surface area contributed by atoms with Crippen molar-refractivity contribution >= 4 is 45.2 Å². The van der Waals surface area contributed by atoms with Crippen molar-refractivity contribution < 1.29 is 38.3 Å². The molecule has 1 aromatic carbocycles. The summed E-state index contributed by atoms with van der Waals surface area (Å²) in [7, 11) is -5.03. The number of hydrogen-bond acceptors (Lipinski definition) is 10. The van der Waals surface area contributed by atoms with Gasteiger partial charge in [0.15, 0.2) is 23.4 Å². The fourth-order valence-electron chi connectivity index (χ4n) is 4.40. The Morgan fingerprint density at radius 3 is 2.47 bits per heavy atom. The predicted octanol–water partition coefficient (Wildman–Crippen LogP) is 0.857.